The fourth-order valence-corrected chi connectivity index (χ4v) is 3.95. The summed E-state index contributed by atoms with van der Waals surface area (Å²) in [5.41, 5.74) is 5.39. The van der Waals surface area contributed by atoms with Crippen LogP contribution in [0.3, 0.4) is 0 Å². The van der Waals surface area contributed by atoms with Gasteiger partial charge in [-0.1, -0.05) is 120 Å². The number of halogens is 1. The number of imidazole rings is 1. The zero-order valence-electron chi connectivity index (χ0n) is 19.3. The van der Waals surface area contributed by atoms with Gasteiger partial charge in [0.2, 0.25) is 6.71 Å². The Morgan fingerprint density at radius 3 is 2.00 bits per heavy atom. The van der Waals surface area contributed by atoms with Crippen molar-refractivity contribution >= 4 is 29.2 Å². The quantitative estimate of drug-likeness (QED) is 0.215. The van der Waals surface area contributed by atoms with Crippen LogP contribution in [0.1, 0.15) is 19.3 Å². The van der Waals surface area contributed by atoms with Crippen molar-refractivity contribution in [1.29, 1.82) is 5.26 Å². The minimum absolute atomic E-state index is 0.382. The largest absolute Gasteiger partial charge is 0.331 e. The molecule has 5 heteroatoms. The highest BCUT2D eigenvalue weighted by molar-refractivity contribution is 6.85. The Hall–Kier alpha value is -3.55. The number of allylic oxidation sites excluding steroid dienone is 1. The van der Waals surface area contributed by atoms with Crippen molar-refractivity contribution in [2.45, 2.75) is 32.1 Å². The van der Waals surface area contributed by atoms with E-state index in [4.69, 9.17) is 16.9 Å². The van der Waals surface area contributed by atoms with Crippen molar-refractivity contribution in [2.24, 2.45) is 0 Å². The molecule has 1 aromatic heterocycles. The fourth-order valence-electron chi connectivity index (χ4n) is 3.85. The van der Waals surface area contributed by atoms with Crippen molar-refractivity contribution < 1.29 is 0 Å². The molecular formula is C29H29BClN3. The lowest BCUT2D eigenvalue weighted by molar-refractivity contribution is 0.620. The van der Waals surface area contributed by atoms with E-state index < -0.39 is 0 Å². The number of rotatable bonds is 9. The first-order chi connectivity index (χ1) is 16.8. The number of nitrogens with zero attached hydrogens (tertiary/aromatic N) is 3. The van der Waals surface area contributed by atoms with Crippen LogP contribution < -0.4 is 10.9 Å². The van der Waals surface area contributed by atoms with Crippen molar-refractivity contribution in [1.82, 2.24) is 9.55 Å². The molecule has 0 N–H and O–H groups in total. The van der Waals surface area contributed by atoms with E-state index in [2.05, 4.69) is 76.3 Å². The number of nitriles is 1. The molecule has 34 heavy (non-hydrogen) atoms. The zero-order chi connectivity index (χ0) is 23.8. The summed E-state index contributed by atoms with van der Waals surface area (Å²) < 4.78 is 2.15. The molecule has 0 aliphatic rings. The lowest BCUT2D eigenvalue weighted by Gasteiger charge is -2.12. The van der Waals surface area contributed by atoms with E-state index in [0.29, 0.717) is 13.1 Å². The SMILES string of the molecule is ClC=CCB(c1ccccc1)c1ccccc1.N#CCCCCn1ccnc1-c1ccccc1. The van der Waals surface area contributed by atoms with Gasteiger partial charge in [0.15, 0.2) is 0 Å². The van der Waals surface area contributed by atoms with Gasteiger partial charge in [0, 0.05) is 30.9 Å². The van der Waals surface area contributed by atoms with Crippen LogP contribution in [0, 0.1) is 11.3 Å². The third-order valence-corrected chi connectivity index (χ3v) is 5.73. The molecule has 0 radical (unpaired) electrons. The average Bonchev–Trinajstić information content (AvgIpc) is 3.38. The third kappa shape index (κ3) is 7.80. The Balaban J connectivity index is 0.000000191. The molecule has 0 spiro atoms. The van der Waals surface area contributed by atoms with Gasteiger partial charge in [0.25, 0.3) is 0 Å². The highest BCUT2D eigenvalue weighted by Crippen LogP contribution is 2.17. The molecule has 0 amide bonds. The number of unbranched alkanes of at least 4 members (excludes halogenated alkanes) is 2. The van der Waals surface area contributed by atoms with Gasteiger partial charge in [-0.15, -0.1) is 0 Å². The first-order valence-electron chi connectivity index (χ1n) is 11.6. The smallest absolute Gasteiger partial charge is 0.213 e. The maximum Gasteiger partial charge on any atom is 0.213 e. The normalized spacial score (nSPS) is 10.4. The van der Waals surface area contributed by atoms with E-state index in [1.165, 1.54) is 10.9 Å². The van der Waals surface area contributed by atoms with Crippen molar-refractivity contribution in [3.8, 4) is 17.5 Å². The predicted molar refractivity (Wildman–Crippen MR) is 145 cm³/mol. The monoisotopic (exact) mass is 465 g/mol. The maximum absolute atomic E-state index is 8.49. The Kier molecular flexibility index (Phi) is 10.8. The predicted octanol–water partition coefficient (Wildman–Crippen LogP) is 6.29. The van der Waals surface area contributed by atoms with Gasteiger partial charge in [-0.25, -0.2) is 4.98 Å². The summed E-state index contributed by atoms with van der Waals surface area (Å²) >= 11 is 5.64. The summed E-state index contributed by atoms with van der Waals surface area (Å²) in [6, 6.07) is 33.4. The molecule has 0 aliphatic heterocycles. The molecule has 170 valence electrons. The van der Waals surface area contributed by atoms with Crippen LogP contribution in [0.4, 0.5) is 0 Å². The standard InChI is InChI=1S/C15H14BCl.C14H15N3/c17-13-7-12-16(14-8-3-1-4-9-14)15-10-5-2-6-11-15;15-9-5-2-6-11-17-12-10-16-14(17)13-7-3-1-4-8-13/h1-11,13H,12H2;1,3-4,7-8,10,12H,2,5-6,11H2. The van der Waals surface area contributed by atoms with Crippen LogP contribution in [-0.4, -0.2) is 16.3 Å². The molecule has 4 aromatic rings. The van der Waals surface area contributed by atoms with E-state index in [0.717, 1.165) is 37.1 Å². The minimum atomic E-state index is 0.382. The second kappa shape index (κ2) is 14.6. The molecule has 0 bridgehead atoms. The summed E-state index contributed by atoms with van der Waals surface area (Å²) in [4.78, 5) is 4.38. The van der Waals surface area contributed by atoms with Crippen molar-refractivity contribution in [2.75, 3.05) is 0 Å². The maximum atomic E-state index is 8.49. The highest BCUT2D eigenvalue weighted by Gasteiger charge is 2.16. The third-order valence-electron chi connectivity index (χ3n) is 5.55. The summed E-state index contributed by atoms with van der Waals surface area (Å²) in [6.45, 7) is 1.30. The van der Waals surface area contributed by atoms with Gasteiger partial charge in [0.05, 0.1) is 6.07 Å². The van der Waals surface area contributed by atoms with Crippen LogP contribution >= 0.6 is 11.6 Å². The summed E-state index contributed by atoms with van der Waals surface area (Å²) in [5.74, 6) is 1.00. The number of aryl methyl sites for hydroxylation is 1. The molecular weight excluding hydrogens is 437 g/mol. The minimum Gasteiger partial charge on any atom is -0.331 e. The van der Waals surface area contributed by atoms with E-state index in [9.17, 15) is 0 Å². The molecule has 4 rings (SSSR count). The van der Waals surface area contributed by atoms with Gasteiger partial charge in [-0.2, -0.15) is 5.26 Å². The van der Waals surface area contributed by atoms with Crippen molar-refractivity contribution in [3.05, 3.63) is 115 Å². The van der Waals surface area contributed by atoms with Gasteiger partial charge in [-0.05, 0) is 24.7 Å². The molecule has 1 heterocycles. The molecule has 0 fully saturated rings. The molecule has 0 unspecified atom stereocenters. The molecule has 3 aromatic carbocycles. The van der Waals surface area contributed by atoms with E-state index in [1.807, 2.05) is 48.8 Å². The first-order valence-corrected chi connectivity index (χ1v) is 12.1. The highest BCUT2D eigenvalue weighted by atomic mass is 35.5. The van der Waals surface area contributed by atoms with Crippen LogP contribution in [0.15, 0.2) is 115 Å². The van der Waals surface area contributed by atoms with Gasteiger partial charge < -0.3 is 4.57 Å². The Morgan fingerprint density at radius 2 is 1.44 bits per heavy atom. The van der Waals surface area contributed by atoms with E-state index in [1.54, 1.807) is 5.54 Å². The second-order valence-electron chi connectivity index (χ2n) is 7.90. The Morgan fingerprint density at radius 1 is 0.853 bits per heavy atom. The lowest BCUT2D eigenvalue weighted by atomic mass is 9.39. The van der Waals surface area contributed by atoms with Crippen LogP contribution in [-0.2, 0) is 6.54 Å². The number of hydrogen-bond donors (Lipinski definition) is 0. The summed E-state index contributed by atoms with van der Waals surface area (Å²) in [7, 11) is 0. The summed E-state index contributed by atoms with van der Waals surface area (Å²) in [5, 5.41) is 8.49. The number of aromatic nitrogens is 2. The second-order valence-corrected chi connectivity index (χ2v) is 8.15. The first kappa shape index (κ1) is 25.1. The zero-order valence-corrected chi connectivity index (χ0v) is 20.1. The molecule has 0 saturated carbocycles. The van der Waals surface area contributed by atoms with Crippen LogP contribution in [0.2, 0.25) is 6.32 Å². The molecule has 0 atom stereocenters. The van der Waals surface area contributed by atoms with E-state index >= 15 is 0 Å². The number of hydrogen-bond acceptors (Lipinski definition) is 2. The van der Waals surface area contributed by atoms with Gasteiger partial charge >= 0.3 is 0 Å². The number of benzene rings is 3. The average molecular weight is 466 g/mol. The van der Waals surface area contributed by atoms with Crippen LogP contribution in [0.5, 0.6) is 0 Å². The topological polar surface area (TPSA) is 41.6 Å². The molecule has 3 nitrogen and oxygen atoms in total. The Bertz CT molecular complexity index is 1110. The van der Waals surface area contributed by atoms with E-state index in [-0.39, 0.29) is 0 Å². The summed E-state index contributed by atoms with van der Waals surface area (Å²) in [6.07, 6.45) is 9.35. The van der Waals surface area contributed by atoms with Crippen LogP contribution in [0.25, 0.3) is 11.4 Å². The molecule has 0 aliphatic carbocycles. The van der Waals surface area contributed by atoms with Crippen molar-refractivity contribution in [3.63, 3.8) is 0 Å². The van der Waals surface area contributed by atoms with Gasteiger partial charge in [-0.3, -0.25) is 0 Å². The Labute approximate surface area is 208 Å². The van der Waals surface area contributed by atoms with Gasteiger partial charge in [0.1, 0.15) is 5.82 Å². The molecule has 0 saturated heterocycles. The fraction of sp³-hybridized carbons (Fsp3) is 0.172. The lowest BCUT2D eigenvalue weighted by Crippen LogP contribution is -2.41.